The van der Waals surface area contributed by atoms with Gasteiger partial charge in [0.1, 0.15) is 18.1 Å². The Balaban J connectivity index is 1.61. The van der Waals surface area contributed by atoms with Crippen LogP contribution in [-0.2, 0) is 11.2 Å². The van der Waals surface area contributed by atoms with Crippen molar-refractivity contribution in [2.24, 2.45) is 0 Å². The zero-order valence-electron chi connectivity index (χ0n) is 16.6. The van der Waals surface area contributed by atoms with Gasteiger partial charge in [-0.25, -0.2) is 0 Å². The molecule has 1 N–H and O–H groups in total. The molecule has 0 saturated heterocycles. The van der Waals surface area contributed by atoms with Crippen LogP contribution in [0.4, 0.5) is 0 Å². The van der Waals surface area contributed by atoms with Crippen LogP contribution in [0.5, 0.6) is 11.5 Å². The maximum Gasteiger partial charge on any atom is 0.167 e. The van der Waals surface area contributed by atoms with Crippen molar-refractivity contribution < 1.29 is 14.6 Å². The topological polar surface area (TPSA) is 46.5 Å². The third kappa shape index (κ3) is 4.80. The number of hydrogen-bond donors (Lipinski definition) is 1. The van der Waals surface area contributed by atoms with Gasteiger partial charge in [0.05, 0.1) is 0 Å². The standard InChI is InChI=1S/C25H22Cl2O3/c1-15(28)14-30-20-12-23(26)22(24(27)13-20)10-16-5-8-25(29)21(9-16)19-4-2-3-18(11-19)17-6-7-17/h2-5,8-9,11-13,17,29H,6-7,10,14H2,1H3. The molecular weight excluding hydrogens is 419 g/mol. The molecule has 154 valence electrons. The number of benzene rings is 3. The minimum Gasteiger partial charge on any atom is -0.507 e. The van der Waals surface area contributed by atoms with Crippen LogP contribution >= 0.6 is 23.2 Å². The van der Waals surface area contributed by atoms with Crippen molar-refractivity contribution in [1.29, 1.82) is 0 Å². The average molecular weight is 441 g/mol. The molecule has 3 aromatic rings. The molecule has 4 rings (SSSR count). The highest BCUT2D eigenvalue weighted by molar-refractivity contribution is 6.36. The highest BCUT2D eigenvalue weighted by Gasteiger charge is 2.23. The minimum absolute atomic E-state index is 0.0206. The highest BCUT2D eigenvalue weighted by Crippen LogP contribution is 2.42. The summed E-state index contributed by atoms with van der Waals surface area (Å²) in [5, 5.41) is 11.4. The van der Waals surface area contributed by atoms with Crippen molar-refractivity contribution in [3.05, 3.63) is 81.3 Å². The van der Waals surface area contributed by atoms with E-state index in [1.165, 1.54) is 25.3 Å². The molecule has 0 bridgehead atoms. The second-order valence-corrected chi connectivity index (χ2v) is 8.60. The first-order valence-corrected chi connectivity index (χ1v) is 10.7. The zero-order valence-corrected chi connectivity index (χ0v) is 18.1. The fourth-order valence-electron chi connectivity index (χ4n) is 3.52. The summed E-state index contributed by atoms with van der Waals surface area (Å²) < 4.78 is 5.41. The Morgan fingerprint density at radius 2 is 1.80 bits per heavy atom. The molecule has 30 heavy (non-hydrogen) atoms. The van der Waals surface area contributed by atoms with Crippen LogP contribution in [0.2, 0.25) is 10.0 Å². The predicted octanol–water partition coefficient (Wildman–Crippen LogP) is 6.80. The van der Waals surface area contributed by atoms with Crippen LogP contribution < -0.4 is 4.74 Å². The van der Waals surface area contributed by atoms with E-state index in [-0.39, 0.29) is 18.1 Å². The van der Waals surface area contributed by atoms with Gasteiger partial charge in [-0.15, -0.1) is 0 Å². The Bertz CT molecular complexity index is 1080. The lowest BCUT2D eigenvalue weighted by Crippen LogP contribution is -2.06. The Labute approximate surface area is 186 Å². The largest absolute Gasteiger partial charge is 0.507 e. The van der Waals surface area contributed by atoms with E-state index in [1.54, 1.807) is 18.2 Å². The Morgan fingerprint density at radius 3 is 2.47 bits per heavy atom. The molecule has 0 aliphatic heterocycles. The van der Waals surface area contributed by atoms with Crippen molar-refractivity contribution in [3.63, 3.8) is 0 Å². The number of aromatic hydroxyl groups is 1. The molecule has 1 aliphatic rings. The van der Waals surface area contributed by atoms with Gasteiger partial charge >= 0.3 is 0 Å². The van der Waals surface area contributed by atoms with Gasteiger partial charge in [-0.2, -0.15) is 0 Å². The molecule has 5 heteroatoms. The molecule has 0 atom stereocenters. The molecule has 3 nitrogen and oxygen atoms in total. The maximum atomic E-state index is 11.1. The molecule has 0 spiro atoms. The number of hydrogen-bond acceptors (Lipinski definition) is 3. The number of phenols is 1. The molecule has 0 radical (unpaired) electrons. The lowest BCUT2D eigenvalue weighted by atomic mass is 9.96. The molecule has 0 aromatic heterocycles. The summed E-state index contributed by atoms with van der Waals surface area (Å²) in [6, 6.07) is 17.3. The number of rotatable bonds is 7. The summed E-state index contributed by atoms with van der Waals surface area (Å²) in [6.45, 7) is 1.44. The van der Waals surface area contributed by atoms with Gasteiger partial charge in [0, 0.05) is 22.0 Å². The normalized spacial score (nSPS) is 13.3. The molecule has 1 aliphatic carbocycles. The molecule has 1 saturated carbocycles. The Kier molecular flexibility index (Phi) is 6.03. The first kappa shape index (κ1) is 20.8. The smallest absolute Gasteiger partial charge is 0.167 e. The number of halogens is 2. The molecular formula is C25H22Cl2O3. The van der Waals surface area contributed by atoms with Crippen molar-refractivity contribution in [2.45, 2.75) is 32.1 Å². The van der Waals surface area contributed by atoms with Crippen LogP contribution in [0, 0.1) is 0 Å². The van der Waals surface area contributed by atoms with Crippen LogP contribution in [0.1, 0.15) is 42.4 Å². The van der Waals surface area contributed by atoms with Gasteiger partial charge in [0.2, 0.25) is 0 Å². The Morgan fingerprint density at radius 1 is 1.07 bits per heavy atom. The number of phenolic OH excluding ortho intramolecular Hbond substituents is 1. The fraction of sp³-hybridized carbons (Fsp3) is 0.240. The summed E-state index contributed by atoms with van der Waals surface area (Å²) in [5.41, 5.74) is 4.88. The zero-order chi connectivity index (χ0) is 21.3. The summed E-state index contributed by atoms with van der Waals surface area (Å²) in [4.78, 5) is 11.1. The second kappa shape index (κ2) is 8.71. The maximum absolute atomic E-state index is 11.1. The predicted molar refractivity (Wildman–Crippen MR) is 121 cm³/mol. The van der Waals surface area contributed by atoms with E-state index in [0.29, 0.717) is 28.1 Å². The van der Waals surface area contributed by atoms with Crippen molar-refractivity contribution in [2.75, 3.05) is 6.61 Å². The van der Waals surface area contributed by atoms with E-state index in [4.69, 9.17) is 27.9 Å². The number of carbonyl (C=O) groups excluding carboxylic acids is 1. The second-order valence-electron chi connectivity index (χ2n) is 7.78. The molecule has 0 heterocycles. The summed E-state index contributed by atoms with van der Waals surface area (Å²) in [5.74, 6) is 1.29. The van der Waals surface area contributed by atoms with Crippen LogP contribution in [0.15, 0.2) is 54.6 Å². The monoisotopic (exact) mass is 440 g/mol. The average Bonchev–Trinajstić information content (AvgIpc) is 3.56. The molecule has 0 unspecified atom stereocenters. The van der Waals surface area contributed by atoms with E-state index < -0.39 is 0 Å². The first-order chi connectivity index (χ1) is 14.4. The van der Waals surface area contributed by atoms with Gasteiger partial charge < -0.3 is 9.84 Å². The SMILES string of the molecule is CC(=O)COc1cc(Cl)c(Cc2ccc(O)c(-c3cccc(C4CC4)c3)c2)c(Cl)c1. The van der Waals surface area contributed by atoms with Crippen LogP contribution in [0.25, 0.3) is 11.1 Å². The van der Waals surface area contributed by atoms with E-state index in [9.17, 15) is 9.90 Å². The van der Waals surface area contributed by atoms with Crippen molar-refractivity contribution in [3.8, 4) is 22.6 Å². The third-order valence-electron chi connectivity index (χ3n) is 5.24. The highest BCUT2D eigenvalue weighted by atomic mass is 35.5. The van der Waals surface area contributed by atoms with Gasteiger partial charge in [-0.05, 0) is 72.2 Å². The number of ketones is 1. The van der Waals surface area contributed by atoms with Gasteiger partial charge in [0.15, 0.2) is 5.78 Å². The van der Waals surface area contributed by atoms with E-state index in [1.807, 2.05) is 24.3 Å². The third-order valence-corrected chi connectivity index (χ3v) is 5.92. The molecule has 1 fully saturated rings. The quantitative estimate of drug-likeness (QED) is 0.439. The molecule has 3 aromatic carbocycles. The summed E-state index contributed by atoms with van der Waals surface area (Å²) in [6.07, 6.45) is 2.98. The lowest BCUT2D eigenvalue weighted by molar-refractivity contribution is -0.118. The van der Waals surface area contributed by atoms with E-state index in [2.05, 4.69) is 12.1 Å². The van der Waals surface area contributed by atoms with Crippen molar-refractivity contribution in [1.82, 2.24) is 0 Å². The fourth-order valence-corrected chi connectivity index (χ4v) is 4.12. The van der Waals surface area contributed by atoms with Crippen LogP contribution in [-0.4, -0.2) is 17.5 Å². The Hall–Kier alpha value is -2.49. The first-order valence-electron chi connectivity index (χ1n) is 9.93. The number of Topliss-reactive ketones (excluding diaryl/α,β-unsaturated/α-hetero) is 1. The van der Waals surface area contributed by atoms with Crippen LogP contribution in [0.3, 0.4) is 0 Å². The number of ether oxygens (including phenoxy) is 1. The van der Waals surface area contributed by atoms with Gasteiger partial charge in [0.25, 0.3) is 0 Å². The molecule has 0 amide bonds. The minimum atomic E-state index is -0.0753. The number of carbonyl (C=O) groups is 1. The van der Waals surface area contributed by atoms with E-state index >= 15 is 0 Å². The summed E-state index contributed by atoms with van der Waals surface area (Å²) >= 11 is 12.9. The van der Waals surface area contributed by atoms with Gasteiger partial charge in [-0.3, -0.25) is 4.79 Å². The van der Waals surface area contributed by atoms with E-state index in [0.717, 1.165) is 22.3 Å². The summed E-state index contributed by atoms with van der Waals surface area (Å²) in [7, 11) is 0. The lowest BCUT2D eigenvalue weighted by Gasteiger charge is -2.13. The van der Waals surface area contributed by atoms with Gasteiger partial charge in [-0.1, -0.05) is 53.5 Å². The van der Waals surface area contributed by atoms with Crippen molar-refractivity contribution >= 4 is 29.0 Å².